The van der Waals surface area contributed by atoms with Crippen LogP contribution in [0.25, 0.3) is 0 Å². The number of likely N-dealkylation sites (tertiary alicyclic amines) is 1. The van der Waals surface area contributed by atoms with Crippen LogP contribution in [-0.4, -0.2) is 154 Å². The van der Waals surface area contributed by atoms with Gasteiger partial charge in [-0.3, -0.25) is 43.2 Å². The molecule has 56 heavy (non-hydrogen) atoms. The van der Waals surface area contributed by atoms with Crippen molar-refractivity contribution < 1.29 is 75.0 Å². The van der Waals surface area contributed by atoms with E-state index in [4.69, 9.17) is 5.11 Å². The lowest BCUT2D eigenvalue weighted by molar-refractivity contribution is -0.409. The summed E-state index contributed by atoms with van der Waals surface area (Å²) in [5.41, 5.74) is 7.22. The normalized spacial score (nSPS) is 17.6. The summed E-state index contributed by atoms with van der Waals surface area (Å²) in [4.78, 5) is 117. The summed E-state index contributed by atoms with van der Waals surface area (Å²) >= 11 is 0. The zero-order chi connectivity index (χ0) is 42.7. The monoisotopic (exact) mass is 803 g/mol. The van der Waals surface area contributed by atoms with Gasteiger partial charge >= 0.3 is 11.9 Å². The number of aliphatic hydroxyl groups excluding tert-OH is 2. The van der Waals surface area contributed by atoms with Gasteiger partial charge in [0.25, 0.3) is 5.91 Å². The smallest absolute Gasteiger partial charge is 0.322 e. The molecule has 0 unspecified atom stereocenters. The average molecular weight is 804 g/mol. The number of hydrogen-bond acceptors (Lipinski definition) is 11. The molecule has 0 bridgehead atoms. The predicted octanol–water partition coefficient (Wildman–Crippen LogP) is -6.21. The van der Waals surface area contributed by atoms with E-state index in [0.717, 1.165) is 0 Å². The van der Waals surface area contributed by atoms with Crippen molar-refractivity contribution in [2.45, 2.75) is 115 Å². The van der Waals surface area contributed by atoms with E-state index < -0.39 is 134 Å². The molecule has 7 amide bonds. The number of carboxylic acids is 2. The first kappa shape index (κ1) is 49.1. The number of unbranched alkanes of at least 4 members (excludes halogenated alkanes) is 1. The third-order valence-electron chi connectivity index (χ3n) is 9.32. The van der Waals surface area contributed by atoms with Gasteiger partial charge in [-0.15, -0.1) is 0 Å². The second-order valence-corrected chi connectivity index (χ2v) is 14.1. The topological polar surface area (TPSA) is 365 Å². The Morgan fingerprint density at radius 3 is 1.88 bits per heavy atom. The second kappa shape index (κ2) is 24.6. The molecule has 318 valence electrons. The maximum Gasteiger partial charge on any atom is 0.322 e. The molecule has 22 nitrogen and oxygen atoms in total. The summed E-state index contributed by atoms with van der Waals surface area (Å²) in [5.74, 6) is -9.68. The SMILES string of the molecule is CC[C@H](C)[C@H](NC(=O)[C@H](CC(=O)O)NC(=O)[C@@H]1CCCN1C(=O)[C@H](CCCC[NH3+])NC(=O)[C@H](CO)NC(=O)[C@@H]([NH3+])CO)C(=O)N[C@H](C(=O)NCC(=O)O)C(C)C. The summed E-state index contributed by atoms with van der Waals surface area (Å²) in [6.07, 6.45) is 1.04. The van der Waals surface area contributed by atoms with E-state index in [1.54, 1.807) is 27.7 Å². The van der Waals surface area contributed by atoms with Gasteiger partial charge in [-0.05, 0) is 43.9 Å². The highest BCUT2D eigenvalue weighted by atomic mass is 16.4. The van der Waals surface area contributed by atoms with Gasteiger partial charge in [-0.1, -0.05) is 34.1 Å². The molecule has 8 atom stereocenters. The Bertz CT molecular complexity index is 1400. The summed E-state index contributed by atoms with van der Waals surface area (Å²) in [7, 11) is 0. The molecular weight excluding hydrogens is 742 g/mol. The Morgan fingerprint density at radius 1 is 0.732 bits per heavy atom. The molecule has 0 radical (unpaired) electrons. The number of rotatable bonds is 25. The minimum Gasteiger partial charge on any atom is -0.481 e. The molecule has 0 aromatic carbocycles. The van der Waals surface area contributed by atoms with Gasteiger partial charge in [0.2, 0.25) is 35.4 Å². The van der Waals surface area contributed by atoms with Gasteiger partial charge < -0.3 is 68.7 Å². The fraction of sp³-hybridized carbons (Fsp3) is 0.735. The van der Waals surface area contributed by atoms with Crippen LogP contribution in [0.1, 0.15) is 72.6 Å². The molecule has 1 aliphatic heterocycles. The van der Waals surface area contributed by atoms with Crippen LogP contribution in [0.5, 0.6) is 0 Å². The Kier molecular flexibility index (Phi) is 21.5. The fourth-order valence-electron chi connectivity index (χ4n) is 5.78. The molecule has 0 spiro atoms. The molecule has 0 aromatic heterocycles. The van der Waals surface area contributed by atoms with Crippen LogP contribution in [0.4, 0.5) is 0 Å². The number of carbonyl (C=O) groups excluding carboxylic acids is 7. The lowest BCUT2D eigenvalue weighted by Gasteiger charge is -2.31. The highest BCUT2D eigenvalue weighted by Crippen LogP contribution is 2.21. The largest absolute Gasteiger partial charge is 0.481 e. The summed E-state index contributed by atoms with van der Waals surface area (Å²) in [6.45, 7) is 5.03. The molecule has 1 aliphatic rings. The van der Waals surface area contributed by atoms with Crippen LogP contribution in [0.2, 0.25) is 0 Å². The van der Waals surface area contributed by atoms with E-state index in [2.05, 4.69) is 43.4 Å². The molecule has 1 fully saturated rings. The summed E-state index contributed by atoms with van der Waals surface area (Å²) < 4.78 is 0. The average Bonchev–Trinajstić information content (AvgIpc) is 3.65. The van der Waals surface area contributed by atoms with Gasteiger partial charge in [-0.2, -0.15) is 0 Å². The van der Waals surface area contributed by atoms with Crippen LogP contribution >= 0.6 is 0 Å². The molecule has 1 saturated heterocycles. The van der Waals surface area contributed by atoms with Crippen molar-refractivity contribution in [2.75, 3.05) is 32.8 Å². The molecule has 0 aliphatic carbocycles. The Labute approximate surface area is 324 Å². The number of aliphatic hydroxyl groups is 2. The minimum atomic E-state index is -1.71. The van der Waals surface area contributed by atoms with Crippen LogP contribution < -0.4 is 43.4 Å². The van der Waals surface area contributed by atoms with Crippen molar-refractivity contribution in [2.24, 2.45) is 11.8 Å². The van der Waals surface area contributed by atoms with Crippen molar-refractivity contribution in [1.82, 2.24) is 36.8 Å². The summed E-state index contributed by atoms with van der Waals surface area (Å²) in [5, 5.41) is 52.0. The van der Waals surface area contributed by atoms with E-state index in [9.17, 15) is 58.5 Å². The molecule has 1 heterocycles. The number of carboxylic acid groups (broad SMARTS) is 2. The van der Waals surface area contributed by atoms with Crippen molar-refractivity contribution >= 4 is 53.3 Å². The summed E-state index contributed by atoms with van der Waals surface area (Å²) in [6, 6.07) is -9.21. The molecule has 22 heteroatoms. The zero-order valence-electron chi connectivity index (χ0n) is 32.5. The molecule has 0 saturated carbocycles. The molecule has 16 N–H and O–H groups in total. The maximum atomic E-state index is 13.9. The van der Waals surface area contributed by atoms with Gasteiger partial charge in [0.1, 0.15) is 49.4 Å². The second-order valence-electron chi connectivity index (χ2n) is 14.1. The third kappa shape index (κ3) is 15.7. The van der Waals surface area contributed by atoms with Gasteiger partial charge in [0, 0.05) is 6.54 Å². The van der Waals surface area contributed by atoms with E-state index in [0.29, 0.717) is 32.2 Å². The minimum absolute atomic E-state index is 0.0710. The number of nitrogens with one attached hydrogen (secondary N) is 6. The lowest BCUT2D eigenvalue weighted by Crippen LogP contribution is -2.71. The van der Waals surface area contributed by atoms with Crippen molar-refractivity contribution in [1.29, 1.82) is 0 Å². The Hall–Kier alpha value is -4.93. The molecule has 0 aromatic rings. The number of quaternary nitrogens is 2. The first-order valence-corrected chi connectivity index (χ1v) is 18.7. The molecule has 1 rings (SSSR count). The maximum absolute atomic E-state index is 13.9. The van der Waals surface area contributed by atoms with Gasteiger partial charge in [0.05, 0.1) is 19.6 Å². The Balaban J connectivity index is 3.27. The predicted molar refractivity (Wildman–Crippen MR) is 194 cm³/mol. The number of hydrogen-bond donors (Lipinski definition) is 12. The van der Waals surface area contributed by atoms with Crippen LogP contribution in [0.3, 0.4) is 0 Å². The third-order valence-corrected chi connectivity index (χ3v) is 9.32. The lowest BCUT2D eigenvalue weighted by atomic mass is 9.96. The van der Waals surface area contributed by atoms with Crippen molar-refractivity contribution in [3.8, 4) is 0 Å². The standard InChI is InChI=1S/C34H59N9O13/c1-5-18(4)27(33(55)41-26(17(2)3)32(54)37-14-25(48)49)42-29(51)21(13-24(46)47)39-31(53)23-10-8-12-43(23)34(56)20(9-6-7-11-35)38-30(52)22(16-45)40-28(50)19(36)15-44/h17-23,26-27,44-45H,5-16,35-36H2,1-4H3,(H,37,54)(H,38,52)(H,39,53)(H,40,50)(H,41,55)(H,42,51)(H,46,47)(H,48,49)/p+2/t18-,19-,20-,21-,22-,23-,26-,27-/m0/s1. The number of nitrogens with zero attached hydrogens (tertiary/aromatic N) is 1. The zero-order valence-corrected chi connectivity index (χ0v) is 32.5. The number of aliphatic carboxylic acids is 2. The van der Waals surface area contributed by atoms with E-state index in [-0.39, 0.29) is 19.4 Å². The quantitative estimate of drug-likeness (QED) is 0.0383. The van der Waals surface area contributed by atoms with Crippen LogP contribution in [0, 0.1) is 11.8 Å². The molecular formula is C34H61N9O13+2. The number of amides is 7. The van der Waals surface area contributed by atoms with Gasteiger partial charge in [-0.25, -0.2) is 0 Å². The highest BCUT2D eigenvalue weighted by Gasteiger charge is 2.40. The Morgan fingerprint density at radius 2 is 1.34 bits per heavy atom. The fourth-order valence-corrected chi connectivity index (χ4v) is 5.78. The van der Waals surface area contributed by atoms with Crippen molar-refractivity contribution in [3.05, 3.63) is 0 Å². The van der Waals surface area contributed by atoms with Gasteiger partial charge in [0.15, 0.2) is 6.04 Å². The number of carbonyl (C=O) groups is 9. The van der Waals surface area contributed by atoms with Crippen molar-refractivity contribution in [3.63, 3.8) is 0 Å². The highest BCUT2D eigenvalue weighted by molar-refractivity contribution is 5.98. The van der Waals surface area contributed by atoms with E-state index >= 15 is 0 Å². The van der Waals surface area contributed by atoms with E-state index in [1.807, 2.05) is 0 Å². The van der Waals surface area contributed by atoms with Crippen LogP contribution in [-0.2, 0) is 43.2 Å². The first-order valence-electron chi connectivity index (χ1n) is 18.7. The van der Waals surface area contributed by atoms with E-state index in [1.165, 1.54) is 4.90 Å². The van der Waals surface area contributed by atoms with Crippen LogP contribution in [0.15, 0.2) is 0 Å². The first-order chi connectivity index (χ1) is 26.3.